The van der Waals surface area contributed by atoms with Crippen LogP contribution in [-0.4, -0.2) is 27.6 Å². The van der Waals surface area contributed by atoms with Crippen LogP contribution < -0.4 is 11.2 Å². The fourth-order valence-corrected chi connectivity index (χ4v) is 2.59. The number of amides is 1. The monoisotopic (exact) mass is 365 g/mol. The Morgan fingerprint density at radius 3 is 2.52 bits per heavy atom. The lowest BCUT2D eigenvalue weighted by atomic mass is 10.2. The summed E-state index contributed by atoms with van der Waals surface area (Å²) in [4.78, 5) is 39.0. The summed E-state index contributed by atoms with van der Waals surface area (Å²) < 4.78 is 6.63. The van der Waals surface area contributed by atoms with Crippen molar-refractivity contribution in [2.24, 2.45) is 0 Å². The molecule has 0 aliphatic carbocycles. The lowest BCUT2D eigenvalue weighted by molar-refractivity contribution is 0.103. The van der Waals surface area contributed by atoms with Crippen LogP contribution in [0.1, 0.15) is 11.1 Å². The van der Waals surface area contributed by atoms with E-state index in [0.29, 0.717) is 12.2 Å². The predicted molar refractivity (Wildman–Crippen MR) is 101 cm³/mol. The molecule has 0 spiro atoms. The van der Waals surface area contributed by atoms with Crippen LogP contribution in [0.15, 0.2) is 76.4 Å². The first-order valence-electron chi connectivity index (χ1n) is 8.36. The molecule has 1 aromatic heterocycles. The molecule has 1 N–H and O–H groups in total. The number of carbonyl (C=O) groups is 1. The minimum atomic E-state index is -0.518. The van der Waals surface area contributed by atoms with Crippen molar-refractivity contribution in [3.63, 3.8) is 0 Å². The highest BCUT2D eigenvalue weighted by Crippen LogP contribution is 2.11. The van der Waals surface area contributed by atoms with Crippen molar-refractivity contribution in [1.82, 2.24) is 14.5 Å². The van der Waals surface area contributed by atoms with Crippen molar-refractivity contribution < 1.29 is 9.53 Å². The van der Waals surface area contributed by atoms with E-state index >= 15 is 0 Å². The SMILES string of the molecule is CN(Cc1cccc(-n2ccc(=O)[nH]c2=O)c1)C(=O)OCc1ccccc1. The highest BCUT2D eigenvalue weighted by Gasteiger charge is 2.11. The lowest BCUT2D eigenvalue weighted by Gasteiger charge is -2.17. The van der Waals surface area contributed by atoms with Gasteiger partial charge in [-0.1, -0.05) is 42.5 Å². The van der Waals surface area contributed by atoms with Gasteiger partial charge >= 0.3 is 11.8 Å². The number of nitrogens with one attached hydrogen (secondary N) is 1. The average Bonchev–Trinajstić information content (AvgIpc) is 2.67. The Morgan fingerprint density at radius 2 is 1.78 bits per heavy atom. The van der Waals surface area contributed by atoms with E-state index in [1.54, 1.807) is 25.2 Å². The summed E-state index contributed by atoms with van der Waals surface area (Å²) in [6, 6.07) is 17.9. The van der Waals surface area contributed by atoms with Gasteiger partial charge in [-0.25, -0.2) is 9.59 Å². The molecule has 0 saturated heterocycles. The Labute approximate surface area is 155 Å². The predicted octanol–water partition coefficient (Wildman–Crippen LogP) is 2.29. The van der Waals surface area contributed by atoms with Gasteiger partial charge < -0.3 is 9.64 Å². The average molecular weight is 365 g/mol. The molecular weight excluding hydrogens is 346 g/mol. The van der Waals surface area contributed by atoms with Crippen LogP contribution in [0.3, 0.4) is 0 Å². The van der Waals surface area contributed by atoms with Crippen LogP contribution in [-0.2, 0) is 17.9 Å². The molecule has 138 valence electrons. The lowest BCUT2D eigenvalue weighted by Crippen LogP contribution is -2.28. The number of H-pyrrole nitrogens is 1. The summed E-state index contributed by atoms with van der Waals surface area (Å²) in [6.07, 6.45) is 0.975. The van der Waals surface area contributed by atoms with E-state index in [0.717, 1.165) is 11.1 Å². The zero-order valence-electron chi connectivity index (χ0n) is 14.8. The minimum absolute atomic E-state index is 0.205. The fraction of sp³-hybridized carbons (Fsp3) is 0.150. The van der Waals surface area contributed by atoms with Gasteiger partial charge in [-0.3, -0.25) is 14.3 Å². The Kier molecular flexibility index (Phi) is 5.51. The van der Waals surface area contributed by atoms with E-state index in [9.17, 15) is 14.4 Å². The number of nitrogens with zero attached hydrogens (tertiary/aromatic N) is 2. The van der Waals surface area contributed by atoms with E-state index in [4.69, 9.17) is 4.74 Å². The van der Waals surface area contributed by atoms with Crippen LogP contribution in [0.25, 0.3) is 5.69 Å². The van der Waals surface area contributed by atoms with Crippen molar-refractivity contribution in [3.8, 4) is 5.69 Å². The number of hydrogen-bond donors (Lipinski definition) is 1. The van der Waals surface area contributed by atoms with Gasteiger partial charge in [-0.15, -0.1) is 0 Å². The van der Waals surface area contributed by atoms with Gasteiger partial charge in [0.15, 0.2) is 0 Å². The molecule has 0 saturated carbocycles. The number of benzene rings is 2. The molecule has 27 heavy (non-hydrogen) atoms. The summed E-state index contributed by atoms with van der Waals surface area (Å²) in [5.74, 6) is 0. The molecule has 1 amide bonds. The van der Waals surface area contributed by atoms with Gasteiger partial charge in [0.05, 0.1) is 5.69 Å². The van der Waals surface area contributed by atoms with Crippen molar-refractivity contribution >= 4 is 6.09 Å². The standard InChI is InChI=1S/C20H19N3O4/c1-22(20(26)27-14-15-6-3-2-4-7-15)13-16-8-5-9-17(12-16)23-11-10-18(24)21-19(23)25/h2-12H,13-14H2,1H3,(H,21,24,25). The quantitative estimate of drug-likeness (QED) is 0.752. The third-order valence-corrected chi connectivity index (χ3v) is 3.95. The van der Waals surface area contributed by atoms with Gasteiger partial charge in [-0.2, -0.15) is 0 Å². The zero-order valence-corrected chi connectivity index (χ0v) is 14.8. The highest BCUT2D eigenvalue weighted by molar-refractivity contribution is 5.67. The first kappa shape index (κ1) is 18.2. The summed E-state index contributed by atoms with van der Waals surface area (Å²) in [5.41, 5.74) is 1.37. The second-order valence-corrected chi connectivity index (χ2v) is 6.05. The van der Waals surface area contributed by atoms with Crippen molar-refractivity contribution in [2.45, 2.75) is 13.2 Å². The Hall–Kier alpha value is -3.61. The van der Waals surface area contributed by atoms with E-state index < -0.39 is 17.3 Å². The van der Waals surface area contributed by atoms with E-state index in [-0.39, 0.29) is 6.61 Å². The molecule has 0 bridgehead atoms. The molecule has 0 aliphatic heterocycles. The fourth-order valence-electron chi connectivity index (χ4n) is 2.59. The van der Waals surface area contributed by atoms with Gasteiger partial charge in [-0.05, 0) is 23.3 Å². The van der Waals surface area contributed by atoms with Crippen molar-refractivity contribution in [1.29, 1.82) is 0 Å². The van der Waals surface area contributed by atoms with Crippen LogP contribution in [0.2, 0.25) is 0 Å². The minimum Gasteiger partial charge on any atom is -0.445 e. The summed E-state index contributed by atoms with van der Waals surface area (Å²) in [5, 5.41) is 0. The second kappa shape index (κ2) is 8.18. The number of aromatic amines is 1. The Morgan fingerprint density at radius 1 is 1.04 bits per heavy atom. The van der Waals surface area contributed by atoms with Gasteiger partial charge in [0.2, 0.25) is 0 Å². The van der Waals surface area contributed by atoms with E-state index in [2.05, 4.69) is 4.98 Å². The van der Waals surface area contributed by atoms with Crippen molar-refractivity contribution in [3.05, 3.63) is 98.8 Å². The molecule has 0 unspecified atom stereocenters. The first-order valence-corrected chi connectivity index (χ1v) is 8.36. The summed E-state index contributed by atoms with van der Waals surface area (Å²) in [7, 11) is 1.65. The smallest absolute Gasteiger partial charge is 0.410 e. The molecule has 0 radical (unpaired) electrons. The van der Waals surface area contributed by atoms with Crippen LogP contribution >= 0.6 is 0 Å². The third-order valence-electron chi connectivity index (χ3n) is 3.95. The van der Waals surface area contributed by atoms with E-state index in [1.807, 2.05) is 36.4 Å². The Bertz CT molecular complexity index is 1040. The van der Waals surface area contributed by atoms with Crippen LogP contribution in [0.5, 0.6) is 0 Å². The topological polar surface area (TPSA) is 84.4 Å². The normalized spacial score (nSPS) is 10.4. The molecule has 0 atom stereocenters. The van der Waals surface area contributed by atoms with Crippen LogP contribution in [0.4, 0.5) is 4.79 Å². The summed E-state index contributed by atoms with van der Waals surface area (Å²) >= 11 is 0. The molecule has 3 rings (SSSR count). The molecule has 7 nitrogen and oxygen atoms in total. The number of rotatable bonds is 5. The number of hydrogen-bond acceptors (Lipinski definition) is 4. The maximum Gasteiger partial charge on any atom is 0.410 e. The van der Waals surface area contributed by atoms with E-state index in [1.165, 1.54) is 21.7 Å². The molecular formula is C20H19N3O4. The zero-order chi connectivity index (χ0) is 19.2. The van der Waals surface area contributed by atoms with Gasteiger partial charge in [0.25, 0.3) is 5.56 Å². The Balaban J connectivity index is 1.67. The number of carbonyl (C=O) groups excluding carboxylic acids is 1. The van der Waals surface area contributed by atoms with Crippen LogP contribution in [0, 0.1) is 0 Å². The molecule has 7 heteroatoms. The molecule has 2 aromatic carbocycles. The molecule has 1 heterocycles. The second-order valence-electron chi connectivity index (χ2n) is 6.05. The molecule has 0 fully saturated rings. The molecule has 0 aliphatic rings. The van der Waals surface area contributed by atoms with Gasteiger partial charge in [0, 0.05) is 25.9 Å². The number of aromatic nitrogens is 2. The largest absolute Gasteiger partial charge is 0.445 e. The van der Waals surface area contributed by atoms with Gasteiger partial charge in [0.1, 0.15) is 6.61 Å². The molecule has 3 aromatic rings. The summed E-state index contributed by atoms with van der Waals surface area (Å²) in [6.45, 7) is 0.524. The maximum absolute atomic E-state index is 12.2. The van der Waals surface area contributed by atoms with Crippen molar-refractivity contribution in [2.75, 3.05) is 7.05 Å². The maximum atomic E-state index is 12.2. The third kappa shape index (κ3) is 4.72. The number of ether oxygens (including phenoxy) is 1. The first-order chi connectivity index (χ1) is 13.0. The highest BCUT2D eigenvalue weighted by atomic mass is 16.6.